The molecule has 0 aliphatic heterocycles. The zero-order valence-corrected chi connectivity index (χ0v) is 29.1. The van der Waals surface area contributed by atoms with Crippen LogP contribution in [-0.4, -0.2) is 85.8 Å². The first-order valence-electron chi connectivity index (χ1n) is 11.3. The van der Waals surface area contributed by atoms with Crippen molar-refractivity contribution in [1.82, 2.24) is 0 Å². The number of para-hydroxylation sites is 2. The van der Waals surface area contributed by atoms with Gasteiger partial charge in [-0.05, 0) is 24.3 Å². The lowest BCUT2D eigenvalue weighted by Gasteiger charge is -2.17. The molecule has 0 aliphatic carbocycles. The van der Waals surface area contributed by atoms with Crippen LogP contribution in [0.5, 0.6) is 34.5 Å². The number of halogens is 9. The standard InChI is InChI=1S/C9H3F9O9S3.C9H12O9S3/c10-7(11,12)28(19,20)25-4-2-1-3-5(26-29(21,22)8(13,14)15)6(4)27-30(23,24)9(16,17)18;1-19(10,11)16-7-5-4-6-8(17-20(2,12)13)9(7)18-21(3,14)15/h1-3H;4-6H,1-3H3. The van der Waals surface area contributed by atoms with Gasteiger partial charge in [-0.3, -0.25) is 0 Å². The first-order valence-corrected chi connectivity index (χ1v) is 20.9. The Labute approximate surface area is 281 Å². The van der Waals surface area contributed by atoms with Gasteiger partial charge in [-0.15, -0.1) is 0 Å². The molecule has 0 atom stereocenters. The van der Waals surface area contributed by atoms with E-state index >= 15 is 0 Å². The lowest BCUT2D eigenvalue weighted by Crippen LogP contribution is -2.31. The van der Waals surface area contributed by atoms with Gasteiger partial charge in [0.2, 0.25) is 11.5 Å². The van der Waals surface area contributed by atoms with Crippen molar-refractivity contribution < 1.29 is 115 Å². The summed E-state index contributed by atoms with van der Waals surface area (Å²) in [7, 11) is -32.4. The number of benzene rings is 2. The molecule has 0 amide bonds. The van der Waals surface area contributed by atoms with Crippen LogP contribution in [0, 0.1) is 0 Å². The minimum atomic E-state index is -6.89. The predicted octanol–water partition coefficient (Wildman–Crippen LogP) is 2.07. The SMILES string of the molecule is CS(=O)(=O)Oc1cccc(OS(C)(=O)=O)c1OS(C)(=O)=O.O=S(=O)(Oc1cccc(OS(=O)(=O)C(F)(F)F)c1OS(=O)(=O)C(F)(F)F)C(F)(F)F. The third kappa shape index (κ3) is 13.8. The lowest BCUT2D eigenvalue weighted by molar-refractivity contribution is -0.0517. The Hall–Kier alpha value is -3.69. The quantitative estimate of drug-likeness (QED) is 0.168. The first-order chi connectivity index (χ1) is 22.3. The Morgan fingerprint density at radius 1 is 0.373 bits per heavy atom. The number of hydrogen-bond donors (Lipinski definition) is 0. The van der Waals surface area contributed by atoms with E-state index in [9.17, 15) is 90.0 Å². The molecular weight excluding hydrogens is 868 g/mol. The van der Waals surface area contributed by atoms with Crippen molar-refractivity contribution in [3.8, 4) is 34.5 Å². The smallest absolute Gasteiger partial charge is 0.378 e. The first kappa shape index (κ1) is 45.3. The summed E-state index contributed by atoms with van der Waals surface area (Å²) in [6, 6.07) is 3.61. The molecule has 0 aromatic heterocycles. The van der Waals surface area contributed by atoms with Gasteiger partial charge in [0.05, 0.1) is 18.8 Å². The topological polar surface area (TPSA) is 260 Å². The molecule has 2 aromatic carbocycles. The summed E-state index contributed by atoms with van der Waals surface area (Å²) in [5, 5.41) is 0. The van der Waals surface area contributed by atoms with Crippen LogP contribution >= 0.6 is 0 Å². The number of alkyl halides is 9. The van der Waals surface area contributed by atoms with Gasteiger partial charge < -0.3 is 25.1 Å². The normalized spacial score (nSPS) is 13.6. The second-order valence-corrected chi connectivity index (χ2v) is 17.8. The maximum atomic E-state index is 12.4. The van der Waals surface area contributed by atoms with Crippen LogP contribution < -0.4 is 25.1 Å². The van der Waals surface area contributed by atoms with Crippen LogP contribution in [0.3, 0.4) is 0 Å². The molecule has 2 aromatic rings. The van der Waals surface area contributed by atoms with Gasteiger partial charge in [0, 0.05) is 0 Å². The molecular formula is C18H15F9O18S6. The van der Waals surface area contributed by atoms with Gasteiger partial charge in [-0.2, -0.15) is 90.0 Å². The highest BCUT2D eigenvalue weighted by molar-refractivity contribution is 7.89. The van der Waals surface area contributed by atoms with Crippen molar-refractivity contribution in [2.24, 2.45) is 0 Å². The van der Waals surface area contributed by atoms with Gasteiger partial charge in [-0.1, -0.05) is 12.1 Å². The van der Waals surface area contributed by atoms with Crippen molar-refractivity contribution in [1.29, 1.82) is 0 Å². The van der Waals surface area contributed by atoms with Crippen molar-refractivity contribution in [2.75, 3.05) is 18.8 Å². The van der Waals surface area contributed by atoms with Gasteiger partial charge in [0.15, 0.2) is 23.0 Å². The number of rotatable bonds is 12. The molecule has 0 radical (unpaired) electrons. The summed E-state index contributed by atoms with van der Waals surface area (Å²) in [6.45, 7) is 0. The monoisotopic (exact) mass is 882 g/mol. The highest BCUT2D eigenvalue weighted by Gasteiger charge is 2.53. The maximum absolute atomic E-state index is 12.4. The summed E-state index contributed by atoms with van der Waals surface area (Å²) in [5.41, 5.74) is -18.8. The van der Waals surface area contributed by atoms with Gasteiger partial charge in [0.1, 0.15) is 0 Å². The summed E-state index contributed by atoms with van der Waals surface area (Å²) in [6.07, 6.45) is 2.14. The molecule has 0 unspecified atom stereocenters. The van der Waals surface area contributed by atoms with Crippen LogP contribution in [0.15, 0.2) is 36.4 Å². The fourth-order valence-electron chi connectivity index (χ4n) is 2.38. The molecule has 0 saturated carbocycles. The van der Waals surface area contributed by atoms with Crippen LogP contribution in [0.2, 0.25) is 0 Å². The van der Waals surface area contributed by atoms with Crippen molar-refractivity contribution >= 4 is 60.7 Å². The van der Waals surface area contributed by atoms with Gasteiger partial charge >= 0.3 is 77.2 Å². The third-order valence-electron chi connectivity index (χ3n) is 4.05. The zero-order chi connectivity index (χ0) is 40.4. The molecule has 51 heavy (non-hydrogen) atoms. The molecule has 2 rings (SSSR count). The van der Waals surface area contributed by atoms with E-state index in [0.717, 1.165) is 24.6 Å². The molecule has 0 saturated heterocycles. The van der Waals surface area contributed by atoms with E-state index in [1.54, 1.807) is 0 Å². The molecule has 0 fully saturated rings. The molecule has 0 heterocycles. The molecule has 294 valence electrons. The number of hydrogen-bond acceptors (Lipinski definition) is 18. The zero-order valence-electron chi connectivity index (χ0n) is 24.2. The largest absolute Gasteiger partial charge is 0.534 e. The van der Waals surface area contributed by atoms with Crippen LogP contribution in [0.4, 0.5) is 39.5 Å². The van der Waals surface area contributed by atoms with Crippen LogP contribution in [0.1, 0.15) is 0 Å². The van der Waals surface area contributed by atoms with E-state index < -0.39 is 112 Å². The lowest BCUT2D eigenvalue weighted by atomic mass is 10.3. The molecule has 18 nitrogen and oxygen atoms in total. The Kier molecular flexibility index (Phi) is 13.1. The van der Waals surface area contributed by atoms with E-state index in [0.29, 0.717) is 6.26 Å². The molecule has 0 aliphatic rings. The molecule has 33 heteroatoms. The van der Waals surface area contributed by atoms with Crippen LogP contribution in [-0.2, 0) is 60.7 Å². The second kappa shape index (κ2) is 14.7. The van der Waals surface area contributed by atoms with Crippen molar-refractivity contribution in [2.45, 2.75) is 16.5 Å². The summed E-state index contributed by atoms with van der Waals surface area (Å²) in [4.78, 5) is 0. The van der Waals surface area contributed by atoms with E-state index in [2.05, 4.69) is 25.1 Å². The minimum Gasteiger partial charge on any atom is -0.378 e. The fraction of sp³-hybridized carbons (Fsp3) is 0.333. The van der Waals surface area contributed by atoms with E-state index in [4.69, 9.17) is 0 Å². The van der Waals surface area contributed by atoms with Gasteiger partial charge in [-0.25, -0.2) is 0 Å². The highest BCUT2D eigenvalue weighted by Crippen LogP contribution is 2.44. The fourth-order valence-corrected chi connectivity index (χ4v) is 5.17. The minimum absolute atomic E-state index is 0.00240. The molecule has 0 N–H and O–H groups in total. The highest BCUT2D eigenvalue weighted by atomic mass is 32.2. The Morgan fingerprint density at radius 3 is 0.824 bits per heavy atom. The Bertz CT molecular complexity index is 2160. The maximum Gasteiger partial charge on any atom is 0.534 e. The average Bonchev–Trinajstić information content (AvgIpc) is 2.83. The van der Waals surface area contributed by atoms with Crippen LogP contribution in [0.25, 0.3) is 0 Å². The predicted molar refractivity (Wildman–Crippen MR) is 146 cm³/mol. The molecule has 0 spiro atoms. The van der Waals surface area contributed by atoms with E-state index in [1.807, 2.05) is 0 Å². The molecule has 0 bridgehead atoms. The summed E-state index contributed by atoms with van der Waals surface area (Å²) < 4.78 is 268. The Morgan fingerprint density at radius 2 is 0.588 bits per heavy atom. The summed E-state index contributed by atoms with van der Waals surface area (Å²) in [5.74, 6) is -8.33. The average molecular weight is 883 g/mol. The second-order valence-electron chi connectivity index (χ2n) is 8.48. The third-order valence-corrected chi connectivity index (χ3v) is 8.36. The van der Waals surface area contributed by atoms with E-state index in [-0.39, 0.29) is 18.2 Å². The summed E-state index contributed by atoms with van der Waals surface area (Å²) >= 11 is 0. The van der Waals surface area contributed by atoms with Crippen molar-refractivity contribution in [3.05, 3.63) is 36.4 Å². The van der Waals surface area contributed by atoms with Crippen molar-refractivity contribution in [3.63, 3.8) is 0 Å². The Balaban J connectivity index is 0.000000543. The van der Waals surface area contributed by atoms with E-state index in [1.165, 1.54) is 6.07 Å². The van der Waals surface area contributed by atoms with Gasteiger partial charge in [0.25, 0.3) is 0 Å².